The number of carbonyl (C=O) groups excluding carboxylic acids is 2. The molecule has 1 aliphatic rings. The van der Waals surface area contributed by atoms with E-state index in [1.807, 2.05) is 48.5 Å². The van der Waals surface area contributed by atoms with E-state index in [0.717, 1.165) is 22.3 Å². The van der Waals surface area contributed by atoms with Crippen LogP contribution in [0.5, 0.6) is 0 Å². The van der Waals surface area contributed by atoms with Crippen molar-refractivity contribution in [2.75, 3.05) is 18.6 Å². The highest BCUT2D eigenvalue weighted by molar-refractivity contribution is 7.98. The zero-order chi connectivity index (χ0) is 24.9. The van der Waals surface area contributed by atoms with Crippen LogP contribution in [0, 0.1) is 0 Å². The lowest BCUT2D eigenvalue weighted by molar-refractivity contribution is -0.182. The van der Waals surface area contributed by atoms with Gasteiger partial charge in [-0.25, -0.2) is 9.59 Å². The van der Waals surface area contributed by atoms with Gasteiger partial charge in [0.2, 0.25) is 11.9 Å². The minimum atomic E-state index is -5.19. The highest BCUT2D eigenvalue weighted by Gasteiger charge is 2.47. The van der Waals surface area contributed by atoms with Crippen molar-refractivity contribution in [2.24, 2.45) is 0 Å². The van der Waals surface area contributed by atoms with Crippen LogP contribution in [0.4, 0.5) is 18.0 Å². The van der Waals surface area contributed by atoms with Crippen LogP contribution in [-0.4, -0.2) is 60.0 Å². The summed E-state index contributed by atoms with van der Waals surface area (Å²) in [5, 5.41) is 12.5. The highest BCUT2D eigenvalue weighted by Crippen LogP contribution is 2.44. The van der Waals surface area contributed by atoms with E-state index in [0.29, 0.717) is 5.75 Å². The molecule has 0 fully saturated rings. The van der Waals surface area contributed by atoms with Gasteiger partial charge in [-0.1, -0.05) is 48.5 Å². The largest absolute Gasteiger partial charge is 0.479 e. The van der Waals surface area contributed by atoms with Crippen molar-refractivity contribution in [2.45, 2.75) is 30.6 Å². The topological polar surface area (TPSA) is 105 Å². The number of ether oxygens (including phenoxy) is 1. The highest BCUT2D eigenvalue weighted by atomic mass is 32.2. The predicted octanol–water partition coefficient (Wildman–Crippen LogP) is 3.78. The first kappa shape index (κ1) is 25.4. The lowest BCUT2D eigenvalue weighted by Crippen LogP contribution is -2.56. The molecule has 1 unspecified atom stereocenters. The summed E-state index contributed by atoms with van der Waals surface area (Å²) in [7, 11) is 0. The Kier molecular flexibility index (Phi) is 8.08. The molecular weight excluding hydrogens is 473 g/mol. The molecule has 2 atom stereocenters. The van der Waals surface area contributed by atoms with E-state index in [1.54, 1.807) is 6.26 Å². The Hall–Kier alpha value is -3.21. The number of halogens is 3. The van der Waals surface area contributed by atoms with Gasteiger partial charge in [-0.05, 0) is 40.7 Å². The summed E-state index contributed by atoms with van der Waals surface area (Å²) in [5.74, 6) is -3.40. The molecule has 3 rings (SSSR count). The van der Waals surface area contributed by atoms with Crippen LogP contribution in [0.25, 0.3) is 11.1 Å². The number of fused-ring (bicyclic) bond motifs is 3. The van der Waals surface area contributed by atoms with E-state index in [2.05, 4.69) is 5.32 Å². The summed E-state index contributed by atoms with van der Waals surface area (Å²) in [4.78, 5) is 35.8. The Bertz CT molecular complexity index is 1020. The number of amides is 2. The molecule has 1 aliphatic carbocycles. The third kappa shape index (κ3) is 5.82. The zero-order valence-electron chi connectivity index (χ0n) is 18.1. The molecule has 7 nitrogen and oxygen atoms in total. The predicted molar refractivity (Wildman–Crippen MR) is 121 cm³/mol. The SMILES string of the molecule is CSCC[C@H](NC(=O)OCC1c2ccccc2-c2ccccc21)C(=O)NC(C(=O)O)C(F)(F)F. The van der Waals surface area contributed by atoms with Gasteiger partial charge >= 0.3 is 18.2 Å². The lowest BCUT2D eigenvalue weighted by Gasteiger charge is -2.23. The number of hydrogen-bond acceptors (Lipinski definition) is 5. The molecule has 0 saturated carbocycles. The second kappa shape index (κ2) is 10.8. The van der Waals surface area contributed by atoms with Crippen molar-refractivity contribution in [3.05, 3.63) is 59.7 Å². The standard InChI is InChI=1S/C23H23F3N2O5S/c1-34-11-10-18(20(29)28-19(21(30)31)23(24,25)26)27-22(32)33-12-17-15-8-4-2-6-13(15)14-7-3-5-9-16(14)17/h2-9,17-19H,10-12H2,1H3,(H,27,32)(H,28,29)(H,30,31)/t18-,19?/m0/s1. The number of rotatable bonds is 9. The fraction of sp³-hybridized carbons (Fsp3) is 0.348. The minimum Gasteiger partial charge on any atom is -0.479 e. The van der Waals surface area contributed by atoms with Gasteiger partial charge in [0.15, 0.2) is 0 Å². The molecule has 3 N–H and O–H groups in total. The second-order valence-corrected chi connectivity index (χ2v) is 8.61. The maximum Gasteiger partial charge on any atom is 0.419 e. The average molecular weight is 497 g/mol. The Balaban J connectivity index is 1.67. The molecule has 182 valence electrons. The Morgan fingerprint density at radius 1 is 1.03 bits per heavy atom. The smallest absolute Gasteiger partial charge is 0.419 e. The monoisotopic (exact) mass is 496 g/mol. The molecule has 0 spiro atoms. The van der Waals surface area contributed by atoms with E-state index >= 15 is 0 Å². The molecule has 0 bridgehead atoms. The number of hydrogen-bond donors (Lipinski definition) is 3. The molecule has 2 amide bonds. The maximum absolute atomic E-state index is 12.9. The summed E-state index contributed by atoms with van der Waals surface area (Å²) >= 11 is 1.31. The Morgan fingerprint density at radius 2 is 1.59 bits per heavy atom. The maximum atomic E-state index is 12.9. The third-order valence-corrected chi connectivity index (χ3v) is 6.07. The van der Waals surface area contributed by atoms with Gasteiger partial charge in [0, 0.05) is 5.92 Å². The number of carboxylic acid groups (broad SMARTS) is 1. The summed E-state index contributed by atoms with van der Waals surface area (Å²) in [6.07, 6.45) is -4.46. The zero-order valence-corrected chi connectivity index (χ0v) is 18.9. The van der Waals surface area contributed by atoms with Crippen LogP contribution < -0.4 is 10.6 Å². The summed E-state index contributed by atoms with van der Waals surface area (Å²) in [5.41, 5.74) is 4.00. The van der Waals surface area contributed by atoms with E-state index in [1.165, 1.54) is 17.1 Å². The van der Waals surface area contributed by atoms with Crippen molar-refractivity contribution >= 4 is 29.7 Å². The van der Waals surface area contributed by atoms with Crippen LogP contribution in [0.15, 0.2) is 48.5 Å². The number of carbonyl (C=O) groups is 3. The summed E-state index contributed by atoms with van der Waals surface area (Å²) in [6, 6.07) is 10.9. The molecule has 2 aromatic rings. The van der Waals surface area contributed by atoms with Gasteiger partial charge in [0.1, 0.15) is 12.6 Å². The number of nitrogens with one attached hydrogen (secondary N) is 2. The van der Waals surface area contributed by atoms with E-state index < -0.39 is 36.2 Å². The number of alkyl halides is 3. The van der Waals surface area contributed by atoms with Gasteiger partial charge < -0.3 is 20.5 Å². The van der Waals surface area contributed by atoms with E-state index in [4.69, 9.17) is 9.84 Å². The van der Waals surface area contributed by atoms with Gasteiger partial charge in [-0.15, -0.1) is 0 Å². The first-order chi connectivity index (χ1) is 16.1. The number of alkyl carbamates (subject to hydrolysis) is 1. The molecule has 0 saturated heterocycles. The van der Waals surface area contributed by atoms with Crippen molar-refractivity contribution in [1.82, 2.24) is 10.6 Å². The fourth-order valence-electron chi connectivity index (χ4n) is 3.81. The van der Waals surface area contributed by atoms with Gasteiger partial charge in [-0.3, -0.25) is 4.79 Å². The third-order valence-electron chi connectivity index (χ3n) is 5.42. The number of aliphatic carboxylic acids is 1. The molecule has 0 radical (unpaired) electrons. The first-order valence-electron chi connectivity index (χ1n) is 10.3. The molecule has 0 heterocycles. The van der Waals surface area contributed by atoms with Gasteiger partial charge in [-0.2, -0.15) is 24.9 Å². The van der Waals surface area contributed by atoms with Crippen molar-refractivity contribution in [1.29, 1.82) is 0 Å². The normalized spacial score (nSPS) is 14.5. The average Bonchev–Trinajstić information content (AvgIpc) is 3.11. The number of thioether (sulfide) groups is 1. The lowest BCUT2D eigenvalue weighted by atomic mass is 9.98. The van der Waals surface area contributed by atoms with Crippen LogP contribution >= 0.6 is 11.8 Å². The second-order valence-electron chi connectivity index (χ2n) is 7.63. The summed E-state index contributed by atoms with van der Waals surface area (Å²) in [6.45, 7) is -0.0446. The van der Waals surface area contributed by atoms with Crippen LogP contribution in [0.3, 0.4) is 0 Å². The quantitative estimate of drug-likeness (QED) is 0.488. The van der Waals surface area contributed by atoms with Crippen molar-refractivity contribution in [3.8, 4) is 11.1 Å². The van der Waals surface area contributed by atoms with Crippen LogP contribution in [0.1, 0.15) is 23.5 Å². The van der Waals surface area contributed by atoms with Crippen LogP contribution in [0.2, 0.25) is 0 Å². The first-order valence-corrected chi connectivity index (χ1v) is 11.7. The van der Waals surface area contributed by atoms with Crippen molar-refractivity contribution in [3.63, 3.8) is 0 Å². The molecule has 2 aromatic carbocycles. The number of carboxylic acids is 1. The minimum absolute atomic E-state index is 0.0125. The van der Waals surface area contributed by atoms with Gasteiger partial charge in [0.25, 0.3) is 0 Å². The van der Waals surface area contributed by atoms with E-state index in [9.17, 15) is 27.6 Å². The molecule has 0 aliphatic heterocycles. The molecular formula is C23H23F3N2O5S. The fourth-order valence-corrected chi connectivity index (χ4v) is 4.28. The molecule has 34 heavy (non-hydrogen) atoms. The van der Waals surface area contributed by atoms with Crippen molar-refractivity contribution < 1.29 is 37.4 Å². The summed E-state index contributed by atoms with van der Waals surface area (Å²) < 4.78 is 44.1. The molecule has 0 aromatic heterocycles. The number of benzene rings is 2. The van der Waals surface area contributed by atoms with E-state index in [-0.39, 0.29) is 18.9 Å². The Morgan fingerprint density at radius 3 is 2.09 bits per heavy atom. The van der Waals surface area contributed by atoms with Crippen LogP contribution in [-0.2, 0) is 14.3 Å². The molecule has 11 heteroatoms. The van der Waals surface area contributed by atoms with Gasteiger partial charge in [0.05, 0.1) is 0 Å². The Labute approximate surface area is 198 Å².